The van der Waals surface area contributed by atoms with E-state index >= 15 is 0 Å². The molecule has 6 nitrogen and oxygen atoms in total. The second-order valence-corrected chi connectivity index (χ2v) is 6.62. The first-order valence-corrected chi connectivity index (χ1v) is 7.75. The Morgan fingerprint density at radius 1 is 1.17 bits per heavy atom. The summed E-state index contributed by atoms with van der Waals surface area (Å²) in [7, 11) is 0. The monoisotopic (exact) mass is 315 g/mol. The van der Waals surface area contributed by atoms with Crippen molar-refractivity contribution < 1.29 is 4.74 Å². The van der Waals surface area contributed by atoms with E-state index in [1.54, 1.807) is 12.3 Å². The molecule has 0 aromatic carbocycles. The van der Waals surface area contributed by atoms with Crippen LogP contribution in [-0.4, -0.2) is 27.1 Å². The Hall–Kier alpha value is -2.21. The molecular weight excluding hydrogens is 290 g/mol. The Labute approximate surface area is 137 Å². The summed E-state index contributed by atoms with van der Waals surface area (Å²) in [5, 5.41) is 0. The average molecular weight is 315 g/mol. The number of rotatable bonds is 6. The van der Waals surface area contributed by atoms with Crippen LogP contribution in [0.3, 0.4) is 0 Å². The molecule has 0 saturated carbocycles. The smallest absolute Gasteiger partial charge is 0.220 e. The number of aryl methyl sites for hydroxylation is 1. The molecule has 2 aromatic heterocycles. The first-order chi connectivity index (χ1) is 10.8. The number of hydrogen-bond donors (Lipinski definition) is 2. The molecule has 1 atom stereocenters. The van der Waals surface area contributed by atoms with Gasteiger partial charge in [0, 0.05) is 11.7 Å². The molecule has 2 rings (SSSR count). The highest BCUT2D eigenvalue weighted by molar-refractivity contribution is 5.56. The maximum atomic E-state index is 6.28. The van der Waals surface area contributed by atoms with Crippen LogP contribution in [0.4, 0.5) is 5.95 Å². The molecule has 0 radical (unpaired) electrons. The third-order valence-corrected chi connectivity index (χ3v) is 3.41. The molecule has 0 aliphatic rings. The third kappa shape index (κ3) is 4.89. The van der Waals surface area contributed by atoms with E-state index in [1.165, 1.54) is 0 Å². The summed E-state index contributed by atoms with van der Waals surface area (Å²) in [5.74, 6) is 1.49. The van der Waals surface area contributed by atoms with Crippen LogP contribution in [0.25, 0.3) is 11.4 Å². The van der Waals surface area contributed by atoms with Gasteiger partial charge in [0.25, 0.3) is 0 Å². The molecule has 23 heavy (non-hydrogen) atoms. The molecular formula is C17H25N5O. The van der Waals surface area contributed by atoms with Gasteiger partial charge in [-0.15, -0.1) is 0 Å². The molecule has 0 aliphatic carbocycles. The second-order valence-electron chi connectivity index (χ2n) is 6.62. The fourth-order valence-electron chi connectivity index (χ4n) is 2.59. The molecule has 1 unspecified atom stereocenters. The van der Waals surface area contributed by atoms with Gasteiger partial charge in [0.1, 0.15) is 12.4 Å². The number of ether oxygens (including phenoxy) is 1. The number of aromatic nitrogens is 3. The maximum absolute atomic E-state index is 6.28. The van der Waals surface area contributed by atoms with Crippen molar-refractivity contribution >= 4 is 5.95 Å². The summed E-state index contributed by atoms with van der Waals surface area (Å²) in [6.45, 7) is 8.67. The Morgan fingerprint density at radius 2 is 1.87 bits per heavy atom. The number of nitrogens with two attached hydrogens (primary N) is 2. The summed E-state index contributed by atoms with van der Waals surface area (Å²) in [4.78, 5) is 12.6. The van der Waals surface area contributed by atoms with E-state index < -0.39 is 0 Å². The van der Waals surface area contributed by atoms with Gasteiger partial charge in [-0.2, -0.15) is 0 Å². The molecule has 0 amide bonds. The van der Waals surface area contributed by atoms with Crippen molar-refractivity contribution in [2.45, 2.75) is 39.7 Å². The molecule has 4 N–H and O–H groups in total. The first kappa shape index (κ1) is 17.1. The van der Waals surface area contributed by atoms with Crippen molar-refractivity contribution in [3.05, 3.63) is 30.1 Å². The minimum absolute atomic E-state index is 0.231. The van der Waals surface area contributed by atoms with Gasteiger partial charge in [-0.3, -0.25) is 0 Å². The minimum Gasteiger partial charge on any atom is -0.490 e. The number of nitrogen functional groups attached to an aromatic ring is 1. The summed E-state index contributed by atoms with van der Waals surface area (Å²) in [6, 6.07) is 5.53. The van der Waals surface area contributed by atoms with Crippen LogP contribution in [0.15, 0.2) is 24.4 Å². The highest BCUT2D eigenvalue weighted by Crippen LogP contribution is 2.23. The predicted octanol–water partition coefficient (Wildman–Crippen LogP) is 2.57. The predicted molar refractivity (Wildman–Crippen MR) is 92.0 cm³/mol. The van der Waals surface area contributed by atoms with E-state index in [2.05, 4.69) is 28.8 Å². The van der Waals surface area contributed by atoms with E-state index in [-0.39, 0.29) is 11.5 Å². The second kappa shape index (κ2) is 6.91. The lowest BCUT2D eigenvalue weighted by Gasteiger charge is -2.26. The highest BCUT2D eigenvalue weighted by Gasteiger charge is 2.21. The Balaban J connectivity index is 2.11. The average Bonchev–Trinajstić information content (AvgIpc) is 2.44. The molecule has 6 heteroatoms. The third-order valence-electron chi connectivity index (χ3n) is 3.41. The van der Waals surface area contributed by atoms with Gasteiger partial charge in [-0.05, 0) is 44.4 Å². The highest BCUT2D eigenvalue weighted by atomic mass is 16.5. The van der Waals surface area contributed by atoms with Gasteiger partial charge < -0.3 is 16.2 Å². The molecule has 0 fully saturated rings. The molecule has 2 aromatic rings. The molecule has 2 heterocycles. The number of anilines is 1. The lowest BCUT2D eigenvalue weighted by molar-refractivity contribution is 0.205. The van der Waals surface area contributed by atoms with Gasteiger partial charge >= 0.3 is 0 Å². The zero-order valence-electron chi connectivity index (χ0n) is 14.2. The van der Waals surface area contributed by atoms with E-state index in [9.17, 15) is 0 Å². The molecule has 124 valence electrons. The van der Waals surface area contributed by atoms with Crippen molar-refractivity contribution in [2.24, 2.45) is 11.7 Å². The summed E-state index contributed by atoms with van der Waals surface area (Å²) < 4.78 is 5.87. The quantitative estimate of drug-likeness (QED) is 0.850. The maximum Gasteiger partial charge on any atom is 0.220 e. The van der Waals surface area contributed by atoms with Crippen molar-refractivity contribution in [2.75, 3.05) is 12.3 Å². The van der Waals surface area contributed by atoms with Gasteiger partial charge in [0.15, 0.2) is 0 Å². The van der Waals surface area contributed by atoms with E-state index in [1.807, 2.05) is 26.0 Å². The molecule has 0 saturated heterocycles. The molecule has 0 spiro atoms. The largest absolute Gasteiger partial charge is 0.490 e. The van der Waals surface area contributed by atoms with Gasteiger partial charge in [0.2, 0.25) is 5.95 Å². The van der Waals surface area contributed by atoms with Crippen LogP contribution >= 0.6 is 0 Å². The van der Waals surface area contributed by atoms with Crippen molar-refractivity contribution in [3.63, 3.8) is 0 Å². The Morgan fingerprint density at radius 3 is 2.48 bits per heavy atom. The van der Waals surface area contributed by atoms with Crippen molar-refractivity contribution in [3.8, 4) is 17.1 Å². The van der Waals surface area contributed by atoms with Gasteiger partial charge in [-0.25, -0.2) is 15.0 Å². The Kier molecular flexibility index (Phi) is 5.15. The number of hydrogen-bond acceptors (Lipinski definition) is 6. The van der Waals surface area contributed by atoms with Crippen LogP contribution in [0.2, 0.25) is 0 Å². The van der Waals surface area contributed by atoms with Gasteiger partial charge in [-0.1, -0.05) is 13.8 Å². The number of nitrogens with zero attached hydrogens (tertiary/aromatic N) is 3. The van der Waals surface area contributed by atoms with Crippen LogP contribution in [0.5, 0.6) is 5.75 Å². The summed E-state index contributed by atoms with van der Waals surface area (Å²) in [6.07, 6.45) is 2.52. The zero-order valence-corrected chi connectivity index (χ0v) is 14.2. The zero-order chi connectivity index (χ0) is 17.0. The summed E-state index contributed by atoms with van der Waals surface area (Å²) in [5.41, 5.74) is 13.7. The van der Waals surface area contributed by atoms with Crippen LogP contribution in [0, 0.1) is 12.8 Å². The topological polar surface area (TPSA) is 99.9 Å². The minimum atomic E-state index is -0.361. The van der Waals surface area contributed by atoms with Crippen molar-refractivity contribution in [1.82, 2.24) is 15.0 Å². The molecule has 0 aliphatic heterocycles. The number of pyridine rings is 1. The Bertz CT molecular complexity index is 670. The molecule has 0 bridgehead atoms. The standard InChI is InChI=1S/C17H25N5O/c1-11(2)9-17(4,19)10-23-15-6-5-13(21-12(15)3)14-7-8-20-16(18)22-14/h5-8,11H,9-10,19H2,1-4H3,(H2,18,20,22). The van der Waals surface area contributed by atoms with E-state index in [0.717, 1.165) is 23.6 Å². The van der Waals surface area contributed by atoms with Crippen LogP contribution in [-0.2, 0) is 0 Å². The lowest BCUT2D eigenvalue weighted by atomic mass is 9.93. The van der Waals surface area contributed by atoms with Crippen LogP contribution < -0.4 is 16.2 Å². The fraction of sp³-hybridized carbons (Fsp3) is 0.471. The van der Waals surface area contributed by atoms with Gasteiger partial charge in [0.05, 0.1) is 17.1 Å². The van der Waals surface area contributed by atoms with E-state index in [0.29, 0.717) is 18.2 Å². The van der Waals surface area contributed by atoms with Crippen LogP contribution in [0.1, 0.15) is 32.9 Å². The SMILES string of the molecule is Cc1nc(-c2ccnc(N)n2)ccc1OCC(C)(N)CC(C)C. The summed E-state index contributed by atoms with van der Waals surface area (Å²) >= 11 is 0. The normalized spacial score (nSPS) is 13.8. The van der Waals surface area contributed by atoms with Crippen molar-refractivity contribution in [1.29, 1.82) is 0 Å². The first-order valence-electron chi connectivity index (χ1n) is 7.75. The lowest BCUT2D eigenvalue weighted by Crippen LogP contribution is -2.43. The fourth-order valence-corrected chi connectivity index (χ4v) is 2.59. The van der Waals surface area contributed by atoms with E-state index in [4.69, 9.17) is 16.2 Å².